The van der Waals surface area contributed by atoms with Gasteiger partial charge in [-0.15, -0.1) is 0 Å². The van der Waals surface area contributed by atoms with E-state index >= 15 is 0 Å². The van der Waals surface area contributed by atoms with Crippen LogP contribution in [0.25, 0.3) is 0 Å². The second-order valence-electron chi connectivity index (χ2n) is 3.72. The van der Waals surface area contributed by atoms with Crippen molar-refractivity contribution in [1.29, 1.82) is 0 Å². The molecule has 0 radical (unpaired) electrons. The Morgan fingerprint density at radius 2 is 2.14 bits per heavy atom. The predicted molar refractivity (Wildman–Crippen MR) is 55.4 cm³/mol. The number of hydrogen-bond acceptors (Lipinski definition) is 3. The van der Waals surface area contributed by atoms with Crippen molar-refractivity contribution in [3.05, 3.63) is 28.7 Å². The fourth-order valence-corrected chi connectivity index (χ4v) is 1.23. The van der Waals surface area contributed by atoms with Crippen LogP contribution in [-0.4, -0.2) is 21.7 Å². The molecule has 1 rings (SSSR count). The van der Waals surface area contributed by atoms with Crippen molar-refractivity contribution in [3.8, 4) is 0 Å². The summed E-state index contributed by atoms with van der Waals surface area (Å²) >= 11 is 0. The van der Waals surface area contributed by atoms with Crippen LogP contribution in [0.1, 0.15) is 13.8 Å². The highest BCUT2D eigenvalue weighted by Gasteiger charge is 2.11. The second-order valence-corrected chi connectivity index (χ2v) is 3.72. The molecule has 0 saturated heterocycles. The maximum Gasteiger partial charge on any atom is 0.488 e. The van der Waals surface area contributed by atoms with E-state index in [1.807, 2.05) is 13.8 Å². The molecule has 76 valence electrons. The first-order valence-electron chi connectivity index (χ1n) is 4.57. The van der Waals surface area contributed by atoms with Crippen LogP contribution in [0.2, 0.25) is 0 Å². The van der Waals surface area contributed by atoms with E-state index in [0.717, 1.165) is 0 Å². The lowest BCUT2D eigenvalue weighted by molar-refractivity contribution is 0.425. The van der Waals surface area contributed by atoms with Gasteiger partial charge in [-0.1, -0.05) is 13.8 Å². The Balaban J connectivity index is 2.96. The van der Waals surface area contributed by atoms with E-state index < -0.39 is 7.12 Å². The Labute approximate surface area is 83.0 Å². The molecule has 0 aliphatic rings. The molecule has 4 nitrogen and oxygen atoms in total. The van der Waals surface area contributed by atoms with Crippen molar-refractivity contribution in [3.63, 3.8) is 0 Å². The van der Waals surface area contributed by atoms with Gasteiger partial charge in [-0.3, -0.25) is 4.79 Å². The van der Waals surface area contributed by atoms with Crippen molar-refractivity contribution in [1.82, 2.24) is 4.57 Å². The summed E-state index contributed by atoms with van der Waals surface area (Å²) < 4.78 is 1.55. The largest absolute Gasteiger partial charge is 0.488 e. The van der Waals surface area contributed by atoms with Gasteiger partial charge in [0.15, 0.2) is 0 Å². The van der Waals surface area contributed by atoms with Gasteiger partial charge >= 0.3 is 7.12 Å². The average Bonchev–Trinajstić information content (AvgIpc) is 2.07. The number of aromatic nitrogens is 1. The van der Waals surface area contributed by atoms with Gasteiger partial charge in [0.05, 0.1) is 0 Å². The third kappa shape index (κ3) is 2.72. The molecule has 2 N–H and O–H groups in total. The van der Waals surface area contributed by atoms with Crippen LogP contribution in [0.4, 0.5) is 0 Å². The van der Waals surface area contributed by atoms with E-state index in [-0.39, 0.29) is 11.0 Å². The summed E-state index contributed by atoms with van der Waals surface area (Å²) in [6.45, 7) is 4.67. The molecule has 14 heavy (non-hydrogen) atoms. The van der Waals surface area contributed by atoms with Gasteiger partial charge in [0.25, 0.3) is 0 Å². The minimum absolute atomic E-state index is 0.204. The van der Waals surface area contributed by atoms with Crippen molar-refractivity contribution >= 4 is 12.6 Å². The molecule has 1 aromatic rings. The van der Waals surface area contributed by atoms with Crippen LogP contribution in [0.15, 0.2) is 23.1 Å². The molecule has 0 amide bonds. The van der Waals surface area contributed by atoms with Gasteiger partial charge in [-0.05, 0) is 17.4 Å². The molecule has 0 aliphatic carbocycles. The summed E-state index contributed by atoms with van der Waals surface area (Å²) in [6, 6.07) is 2.78. The summed E-state index contributed by atoms with van der Waals surface area (Å²) in [6.07, 6.45) is 1.58. The van der Waals surface area contributed by atoms with Crippen LogP contribution in [-0.2, 0) is 6.54 Å². The van der Waals surface area contributed by atoms with Crippen molar-refractivity contribution < 1.29 is 10.0 Å². The van der Waals surface area contributed by atoms with Gasteiger partial charge in [-0.25, -0.2) is 0 Å². The van der Waals surface area contributed by atoms with Crippen molar-refractivity contribution in [2.45, 2.75) is 20.4 Å². The summed E-state index contributed by atoms with van der Waals surface area (Å²) in [5.74, 6) is 0.387. The molecule has 1 aromatic heterocycles. The molecule has 0 atom stereocenters. The highest BCUT2D eigenvalue weighted by Crippen LogP contribution is 1.94. The van der Waals surface area contributed by atoms with Crippen molar-refractivity contribution in [2.24, 2.45) is 5.92 Å². The van der Waals surface area contributed by atoms with E-state index in [4.69, 9.17) is 10.0 Å². The quantitative estimate of drug-likeness (QED) is 0.619. The third-order valence-corrected chi connectivity index (χ3v) is 1.88. The maximum absolute atomic E-state index is 11.4. The molecule has 5 heteroatoms. The van der Waals surface area contributed by atoms with Gasteiger partial charge in [0.1, 0.15) is 0 Å². The fourth-order valence-electron chi connectivity index (χ4n) is 1.23. The van der Waals surface area contributed by atoms with E-state index in [9.17, 15) is 4.79 Å². The van der Waals surface area contributed by atoms with E-state index in [0.29, 0.717) is 12.5 Å². The van der Waals surface area contributed by atoms with Gasteiger partial charge in [0, 0.05) is 18.8 Å². The van der Waals surface area contributed by atoms with Crippen LogP contribution >= 0.6 is 0 Å². The highest BCUT2D eigenvalue weighted by molar-refractivity contribution is 6.58. The first-order valence-corrected chi connectivity index (χ1v) is 4.57. The summed E-state index contributed by atoms with van der Waals surface area (Å²) in [5.41, 5.74) is 0.0271. The lowest BCUT2D eigenvalue weighted by Crippen LogP contribution is -2.35. The molecule has 0 aromatic carbocycles. The zero-order valence-corrected chi connectivity index (χ0v) is 8.34. The lowest BCUT2D eigenvalue weighted by atomic mass is 9.81. The Morgan fingerprint density at radius 3 is 2.57 bits per heavy atom. The molecule has 0 fully saturated rings. The summed E-state index contributed by atoms with van der Waals surface area (Å²) in [4.78, 5) is 11.4. The van der Waals surface area contributed by atoms with E-state index in [2.05, 4.69) is 0 Å². The average molecular weight is 195 g/mol. The molecule has 0 unspecified atom stereocenters. The molecule has 0 saturated carbocycles. The number of pyridine rings is 1. The predicted octanol–water partition coefficient (Wildman–Crippen LogP) is -0.816. The maximum atomic E-state index is 11.4. The molecular formula is C9H14BNO3. The minimum atomic E-state index is -1.57. The molecule has 1 heterocycles. The molecular weight excluding hydrogens is 181 g/mol. The SMILES string of the molecule is CC(C)Cn1ccc(B(O)O)cc1=O. The monoisotopic (exact) mass is 195 g/mol. The topological polar surface area (TPSA) is 62.5 Å². The molecule has 0 aliphatic heterocycles. The van der Waals surface area contributed by atoms with Crippen LogP contribution in [0.5, 0.6) is 0 Å². The molecule has 0 spiro atoms. The molecule has 0 bridgehead atoms. The van der Waals surface area contributed by atoms with Crippen LogP contribution < -0.4 is 11.0 Å². The van der Waals surface area contributed by atoms with Crippen LogP contribution in [0, 0.1) is 5.92 Å². The lowest BCUT2D eigenvalue weighted by Gasteiger charge is -2.08. The zero-order valence-electron chi connectivity index (χ0n) is 8.34. The highest BCUT2D eigenvalue weighted by atomic mass is 16.4. The Hall–Kier alpha value is -1.07. The second kappa shape index (κ2) is 4.44. The smallest absolute Gasteiger partial charge is 0.423 e. The van der Waals surface area contributed by atoms with Crippen LogP contribution in [0.3, 0.4) is 0 Å². The standard InChI is InChI=1S/C9H14BNO3/c1-7(2)6-11-4-3-8(10(13)14)5-9(11)12/h3-5,7,13-14H,6H2,1-2H3. The summed E-state index contributed by atoms with van der Waals surface area (Å²) in [5, 5.41) is 17.7. The Morgan fingerprint density at radius 1 is 1.50 bits per heavy atom. The number of rotatable bonds is 3. The number of hydrogen-bond donors (Lipinski definition) is 2. The minimum Gasteiger partial charge on any atom is -0.423 e. The summed E-state index contributed by atoms with van der Waals surface area (Å²) in [7, 11) is -1.57. The van der Waals surface area contributed by atoms with Gasteiger partial charge < -0.3 is 14.6 Å². The number of nitrogens with zero attached hydrogens (tertiary/aromatic N) is 1. The fraction of sp³-hybridized carbons (Fsp3) is 0.444. The first-order chi connectivity index (χ1) is 6.50. The van der Waals surface area contributed by atoms with E-state index in [1.54, 1.807) is 10.8 Å². The van der Waals surface area contributed by atoms with E-state index in [1.165, 1.54) is 12.1 Å². The van der Waals surface area contributed by atoms with Gasteiger partial charge in [0.2, 0.25) is 5.56 Å². The first kappa shape index (κ1) is 11.0. The normalized spacial score (nSPS) is 10.6. The van der Waals surface area contributed by atoms with Crippen molar-refractivity contribution in [2.75, 3.05) is 0 Å². The third-order valence-electron chi connectivity index (χ3n) is 1.88. The zero-order chi connectivity index (χ0) is 10.7. The van der Waals surface area contributed by atoms with Gasteiger partial charge in [-0.2, -0.15) is 0 Å². The Kier molecular flexibility index (Phi) is 3.49. The Bertz CT molecular complexity index is 359.